The van der Waals surface area contributed by atoms with Crippen LogP contribution < -0.4 is 0 Å². The molecule has 0 heterocycles. The number of ether oxygens (including phenoxy) is 2. The lowest BCUT2D eigenvalue weighted by Crippen LogP contribution is -2.28. The van der Waals surface area contributed by atoms with E-state index in [9.17, 15) is 14.7 Å². The highest BCUT2D eigenvalue weighted by molar-refractivity contribution is 5.70. The van der Waals surface area contributed by atoms with E-state index in [4.69, 9.17) is 9.47 Å². The van der Waals surface area contributed by atoms with E-state index in [1.54, 1.807) is 0 Å². The van der Waals surface area contributed by atoms with Gasteiger partial charge in [0.15, 0.2) is 6.10 Å². The summed E-state index contributed by atoms with van der Waals surface area (Å²) < 4.78 is 10.6. The molecule has 1 N–H and O–H groups in total. The summed E-state index contributed by atoms with van der Waals surface area (Å²) >= 11 is 0. The summed E-state index contributed by atoms with van der Waals surface area (Å²) in [5.41, 5.74) is 0. The van der Waals surface area contributed by atoms with Crippen LogP contribution in [0, 0.1) is 0 Å². The lowest BCUT2D eigenvalue weighted by atomic mass is 10.1. The van der Waals surface area contributed by atoms with Gasteiger partial charge in [0.25, 0.3) is 0 Å². The standard InChI is InChI=1S/C43H80O5/c1-3-5-7-9-11-13-15-17-19-20-21-22-24-26-28-30-32-34-36-38-43(46)48-41(39-44)40-47-42(45)37-35-33-31-29-27-25-23-18-16-14-12-10-8-6-4-2/h17-19,23,41,44H,3-16,20-22,24-40H2,1-2H3/b19-17-,23-18-/t41-/m0/s1. The van der Waals surface area contributed by atoms with Gasteiger partial charge < -0.3 is 14.6 Å². The van der Waals surface area contributed by atoms with E-state index in [0.717, 1.165) is 44.9 Å². The van der Waals surface area contributed by atoms with Crippen molar-refractivity contribution in [3.05, 3.63) is 24.3 Å². The molecule has 5 heteroatoms. The smallest absolute Gasteiger partial charge is 0.306 e. The number of carbonyl (C=O) groups excluding carboxylic acids is 2. The molecule has 0 fully saturated rings. The Hall–Kier alpha value is -1.62. The third kappa shape index (κ3) is 37.2. The zero-order chi connectivity index (χ0) is 35.0. The molecule has 0 rings (SSSR count). The quantitative estimate of drug-likeness (QED) is 0.0400. The van der Waals surface area contributed by atoms with E-state index < -0.39 is 6.10 Å². The normalized spacial score (nSPS) is 12.3. The SMILES string of the molecule is CCCCCCCC/C=C\CCCCCCCCCCCC(=O)O[C@@H](CO)COC(=O)CCCCCCC/C=C\CCCCCCCC. The van der Waals surface area contributed by atoms with Crippen LogP contribution in [0.3, 0.4) is 0 Å². The van der Waals surface area contributed by atoms with Crippen molar-refractivity contribution in [3.8, 4) is 0 Å². The van der Waals surface area contributed by atoms with Crippen molar-refractivity contribution < 1.29 is 24.2 Å². The van der Waals surface area contributed by atoms with E-state index in [1.165, 1.54) is 148 Å². The summed E-state index contributed by atoms with van der Waals surface area (Å²) in [5.74, 6) is -0.596. The topological polar surface area (TPSA) is 72.8 Å². The Kier molecular flexibility index (Phi) is 38.5. The highest BCUT2D eigenvalue weighted by Crippen LogP contribution is 2.14. The van der Waals surface area contributed by atoms with Crippen molar-refractivity contribution in [2.24, 2.45) is 0 Å². The zero-order valence-corrected chi connectivity index (χ0v) is 32.0. The molecule has 0 aromatic rings. The van der Waals surface area contributed by atoms with Gasteiger partial charge in [-0.1, -0.05) is 167 Å². The average Bonchev–Trinajstić information content (AvgIpc) is 3.09. The third-order valence-electron chi connectivity index (χ3n) is 9.22. The molecule has 0 bridgehead atoms. The minimum atomic E-state index is -0.772. The van der Waals surface area contributed by atoms with E-state index in [2.05, 4.69) is 38.2 Å². The highest BCUT2D eigenvalue weighted by atomic mass is 16.6. The van der Waals surface area contributed by atoms with Gasteiger partial charge >= 0.3 is 11.9 Å². The van der Waals surface area contributed by atoms with Crippen LogP contribution in [0.5, 0.6) is 0 Å². The predicted molar refractivity (Wildman–Crippen MR) is 205 cm³/mol. The fourth-order valence-electron chi connectivity index (χ4n) is 6.01. The molecule has 0 aromatic carbocycles. The maximum Gasteiger partial charge on any atom is 0.306 e. The van der Waals surface area contributed by atoms with Gasteiger partial charge in [0.2, 0.25) is 0 Å². The highest BCUT2D eigenvalue weighted by Gasteiger charge is 2.16. The van der Waals surface area contributed by atoms with Gasteiger partial charge in [-0.25, -0.2) is 0 Å². The molecule has 48 heavy (non-hydrogen) atoms. The molecule has 0 saturated heterocycles. The Morgan fingerprint density at radius 3 is 1.12 bits per heavy atom. The number of hydrogen-bond donors (Lipinski definition) is 1. The van der Waals surface area contributed by atoms with Crippen LogP contribution in [-0.4, -0.2) is 36.4 Å². The van der Waals surface area contributed by atoms with Crippen LogP contribution in [0.25, 0.3) is 0 Å². The second-order valence-corrected chi connectivity index (χ2v) is 14.1. The Bertz CT molecular complexity index is 731. The van der Waals surface area contributed by atoms with Crippen LogP contribution in [-0.2, 0) is 19.1 Å². The molecular weight excluding hydrogens is 596 g/mol. The fourth-order valence-corrected chi connectivity index (χ4v) is 6.01. The van der Waals surface area contributed by atoms with Gasteiger partial charge in [0.1, 0.15) is 6.61 Å². The zero-order valence-electron chi connectivity index (χ0n) is 32.0. The van der Waals surface area contributed by atoms with E-state index >= 15 is 0 Å². The first-order valence-corrected chi connectivity index (χ1v) is 20.9. The van der Waals surface area contributed by atoms with Crippen LogP contribution in [0.2, 0.25) is 0 Å². The third-order valence-corrected chi connectivity index (χ3v) is 9.22. The molecule has 282 valence electrons. The summed E-state index contributed by atoms with van der Waals surface area (Å²) in [4.78, 5) is 24.3. The summed E-state index contributed by atoms with van der Waals surface area (Å²) in [6, 6.07) is 0. The maximum atomic E-state index is 12.2. The number of carbonyl (C=O) groups is 2. The van der Waals surface area contributed by atoms with Crippen molar-refractivity contribution in [3.63, 3.8) is 0 Å². The van der Waals surface area contributed by atoms with Crippen molar-refractivity contribution >= 4 is 11.9 Å². The van der Waals surface area contributed by atoms with Gasteiger partial charge in [-0.2, -0.15) is 0 Å². The predicted octanol–water partition coefficient (Wildman–Crippen LogP) is 13.1. The largest absolute Gasteiger partial charge is 0.462 e. The molecule has 0 saturated carbocycles. The summed E-state index contributed by atoms with van der Waals surface area (Å²) in [7, 11) is 0. The first-order chi connectivity index (χ1) is 23.6. The molecule has 1 atom stereocenters. The van der Waals surface area contributed by atoms with E-state index in [0.29, 0.717) is 12.8 Å². The molecule has 0 aromatic heterocycles. The fraction of sp³-hybridized carbons (Fsp3) is 0.860. The lowest BCUT2D eigenvalue weighted by molar-refractivity contribution is -0.161. The molecular formula is C43H80O5. The average molecular weight is 677 g/mol. The van der Waals surface area contributed by atoms with Gasteiger partial charge in [-0.15, -0.1) is 0 Å². The Morgan fingerprint density at radius 2 is 0.771 bits per heavy atom. The van der Waals surface area contributed by atoms with Crippen LogP contribution in [0.15, 0.2) is 24.3 Å². The number of aliphatic hydroxyl groups excluding tert-OH is 1. The minimum absolute atomic E-state index is 0.0678. The second kappa shape index (κ2) is 39.8. The van der Waals surface area contributed by atoms with Gasteiger partial charge in [-0.3, -0.25) is 9.59 Å². The molecule has 0 amide bonds. The Labute approximate surface area is 298 Å². The van der Waals surface area contributed by atoms with Crippen molar-refractivity contribution in [1.29, 1.82) is 0 Å². The summed E-state index contributed by atoms with van der Waals surface area (Å²) in [5, 5.41) is 9.56. The summed E-state index contributed by atoms with van der Waals surface area (Å²) in [6.45, 7) is 4.13. The molecule has 0 aliphatic rings. The van der Waals surface area contributed by atoms with Crippen molar-refractivity contribution in [1.82, 2.24) is 0 Å². The van der Waals surface area contributed by atoms with E-state index in [-0.39, 0.29) is 25.2 Å². The second-order valence-electron chi connectivity index (χ2n) is 14.1. The van der Waals surface area contributed by atoms with Gasteiger partial charge in [-0.05, 0) is 64.2 Å². The molecule has 0 unspecified atom stereocenters. The minimum Gasteiger partial charge on any atom is -0.462 e. The first kappa shape index (κ1) is 46.4. The number of unbranched alkanes of at least 4 members (excludes halogenated alkanes) is 26. The van der Waals surface area contributed by atoms with Crippen LogP contribution >= 0.6 is 0 Å². The molecule has 0 aliphatic carbocycles. The number of allylic oxidation sites excluding steroid dienone is 4. The number of aliphatic hydroxyl groups is 1. The van der Waals surface area contributed by atoms with Gasteiger partial charge in [0.05, 0.1) is 6.61 Å². The monoisotopic (exact) mass is 677 g/mol. The van der Waals surface area contributed by atoms with Crippen LogP contribution in [0.4, 0.5) is 0 Å². The Morgan fingerprint density at radius 1 is 0.458 bits per heavy atom. The molecule has 5 nitrogen and oxygen atoms in total. The summed E-state index contributed by atoms with van der Waals surface area (Å²) in [6.07, 6.45) is 46.7. The molecule has 0 radical (unpaired) electrons. The Balaban J connectivity index is 3.53. The van der Waals surface area contributed by atoms with Crippen molar-refractivity contribution in [2.45, 2.75) is 225 Å². The number of rotatable bonds is 38. The molecule has 0 spiro atoms. The first-order valence-electron chi connectivity index (χ1n) is 20.9. The molecule has 0 aliphatic heterocycles. The number of hydrogen-bond acceptors (Lipinski definition) is 5. The van der Waals surface area contributed by atoms with E-state index in [1.807, 2.05) is 0 Å². The van der Waals surface area contributed by atoms with Crippen LogP contribution in [0.1, 0.15) is 219 Å². The van der Waals surface area contributed by atoms with Crippen molar-refractivity contribution in [2.75, 3.05) is 13.2 Å². The maximum absolute atomic E-state index is 12.2. The number of esters is 2. The van der Waals surface area contributed by atoms with Gasteiger partial charge in [0, 0.05) is 12.8 Å². The lowest BCUT2D eigenvalue weighted by Gasteiger charge is -2.15.